The lowest BCUT2D eigenvalue weighted by molar-refractivity contribution is -0.137. The minimum atomic E-state index is 0.256. The number of nitrogens with zero attached hydrogens (tertiary/aromatic N) is 6. The van der Waals surface area contributed by atoms with Crippen LogP contribution in [0.15, 0.2) is 30.3 Å². The topological polar surface area (TPSA) is 67.2 Å². The molecule has 0 unspecified atom stereocenters. The third-order valence-electron chi connectivity index (χ3n) is 6.88. The molecular formula is C26H34N6O. The van der Waals surface area contributed by atoms with Crippen molar-refractivity contribution in [2.75, 3.05) is 31.1 Å². The average molecular weight is 447 g/mol. The fraction of sp³-hybridized carbons (Fsp3) is 0.538. The maximum Gasteiger partial charge on any atom is 0.225 e. The lowest BCUT2D eigenvalue weighted by Crippen LogP contribution is -2.41. The molecule has 2 fully saturated rings. The zero-order valence-electron chi connectivity index (χ0n) is 20.0. The average Bonchev–Trinajstić information content (AvgIpc) is 2.94. The van der Waals surface area contributed by atoms with Crippen LogP contribution in [0.5, 0.6) is 0 Å². The molecule has 0 bridgehead atoms. The van der Waals surface area contributed by atoms with Crippen molar-refractivity contribution in [1.29, 1.82) is 0 Å². The number of benzene rings is 1. The molecule has 7 heteroatoms. The predicted molar refractivity (Wildman–Crippen MR) is 131 cm³/mol. The van der Waals surface area contributed by atoms with E-state index >= 15 is 0 Å². The number of hydrogen-bond acceptors (Lipinski definition) is 5. The van der Waals surface area contributed by atoms with Crippen LogP contribution in [0.3, 0.4) is 0 Å². The predicted octanol–water partition coefficient (Wildman–Crippen LogP) is 4.16. The fourth-order valence-corrected chi connectivity index (χ4v) is 4.90. The molecule has 7 nitrogen and oxygen atoms in total. The van der Waals surface area contributed by atoms with Crippen LogP contribution in [0.25, 0.3) is 16.7 Å². The van der Waals surface area contributed by atoms with Crippen LogP contribution in [0.2, 0.25) is 0 Å². The molecule has 0 spiro atoms. The highest BCUT2D eigenvalue weighted by Gasteiger charge is 2.31. The standard InChI is InChI=1S/C26H34N6O/c1-18(2)17-22-27-24(30-13-8-14-31(16-15-30)26(33)20-9-7-10-20)23-19(3)29-32(25(23)28-22)21-11-5-4-6-12-21/h4-6,11-12,18,20H,7-10,13-17H2,1-3H3. The number of carbonyl (C=O) groups is 1. The zero-order valence-corrected chi connectivity index (χ0v) is 20.0. The molecule has 33 heavy (non-hydrogen) atoms. The summed E-state index contributed by atoms with van der Waals surface area (Å²) in [5, 5.41) is 5.89. The molecule has 1 saturated carbocycles. The Morgan fingerprint density at radius 2 is 1.82 bits per heavy atom. The second-order valence-electron chi connectivity index (χ2n) is 9.89. The van der Waals surface area contributed by atoms with Crippen molar-refractivity contribution in [3.8, 4) is 5.69 Å². The van der Waals surface area contributed by atoms with Gasteiger partial charge in [0.1, 0.15) is 11.6 Å². The molecule has 3 aromatic rings. The Bertz CT molecular complexity index is 1130. The molecule has 1 aromatic carbocycles. The van der Waals surface area contributed by atoms with Gasteiger partial charge in [-0.25, -0.2) is 14.6 Å². The highest BCUT2D eigenvalue weighted by Crippen LogP contribution is 2.31. The Morgan fingerprint density at radius 1 is 1.03 bits per heavy atom. The van der Waals surface area contributed by atoms with E-state index in [9.17, 15) is 4.79 Å². The van der Waals surface area contributed by atoms with Gasteiger partial charge in [-0.1, -0.05) is 38.5 Å². The fourth-order valence-electron chi connectivity index (χ4n) is 4.90. The van der Waals surface area contributed by atoms with Gasteiger partial charge in [0, 0.05) is 38.5 Å². The molecule has 5 rings (SSSR count). The van der Waals surface area contributed by atoms with Gasteiger partial charge >= 0.3 is 0 Å². The van der Waals surface area contributed by atoms with Crippen molar-refractivity contribution in [3.63, 3.8) is 0 Å². The number of anilines is 1. The van der Waals surface area contributed by atoms with Crippen LogP contribution >= 0.6 is 0 Å². The number of fused-ring (bicyclic) bond motifs is 1. The number of para-hydroxylation sites is 1. The van der Waals surface area contributed by atoms with Gasteiger partial charge < -0.3 is 9.80 Å². The number of aromatic nitrogens is 4. The molecule has 2 aliphatic rings. The van der Waals surface area contributed by atoms with Gasteiger partial charge in [0.05, 0.1) is 16.8 Å². The first-order chi connectivity index (χ1) is 16.0. The van der Waals surface area contributed by atoms with Gasteiger partial charge in [0.25, 0.3) is 0 Å². The van der Waals surface area contributed by atoms with Crippen LogP contribution in [-0.4, -0.2) is 56.7 Å². The van der Waals surface area contributed by atoms with E-state index in [2.05, 4.69) is 35.8 Å². The van der Waals surface area contributed by atoms with Crippen molar-refractivity contribution in [1.82, 2.24) is 24.6 Å². The summed E-state index contributed by atoms with van der Waals surface area (Å²) in [6, 6.07) is 10.2. The summed E-state index contributed by atoms with van der Waals surface area (Å²) in [5.74, 6) is 2.89. The Kier molecular flexibility index (Phi) is 6.04. The first-order valence-electron chi connectivity index (χ1n) is 12.4. The lowest BCUT2D eigenvalue weighted by Gasteiger charge is -2.31. The van der Waals surface area contributed by atoms with Crippen molar-refractivity contribution in [2.45, 2.75) is 52.9 Å². The SMILES string of the molecule is Cc1nn(-c2ccccc2)c2nc(CC(C)C)nc(N3CCCN(C(=O)C4CCC4)CC3)c12. The van der Waals surface area contributed by atoms with Crippen LogP contribution < -0.4 is 4.90 Å². The lowest BCUT2D eigenvalue weighted by atomic mass is 9.84. The molecule has 1 aliphatic carbocycles. The third kappa shape index (κ3) is 4.33. The number of rotatable bonds is 5. The second kappa shape index (κ2) is 9.12. The molecule has 2 aromatic heterocycles. The summed E-state index contributed by atoms with van der Waals surface area (Å²) in [6.07, 6.45) is 5.08. The quantitative estimate of drug-likeness (QED) is 0.589. The summed E-state index contributed by atoms with van der Waals surface area (Å²) in [4.78, 5) is 27.3. The van der Waals surface area contributed by atoms with Crippen molar-refractivity contribution in [2.24, 2.45) is 11.8 Å². The summed E-state index contributed by atoms with van der Waals surface area (Å²) >= 11 is 0. The van der Waals surface area contributed by atoms with E-state index in [0.717, 1.165) is 85.9 Å². The maximum absolute atomic E-state index is 12.8. The molecule has 1 saturated heterocycles. The van der Waals surface area contributed by atoms with Gasteiger partial charge in [-0.05, 0) is 44.2 Å². The van der Waals surface area contributed by atoms with Gasteiger partial charge in [-0.15, -0.1) is 0 Å². The van der Waals surface area contributed by atoms with Crippen molar-refractivity contribution >= 4 is 22.8 Å². The number of hydrogen-bond donors (Lipinski definition) is 0. The summed E-state index contributed by atoms with van der Waals surface area (Å²) < 4.78 is 1.95. The van der Waals surface area contributed by atoms with Crippen molar-refractivity contribution < 1.29 is 4.79 Å². The maximum atomic E-state index is 12.8. The first-order valence-corrected chi connectivity index (χ1v) is 12.4. The smallest absolute Gasteiger partial charge is 0.225 e. The van der Waals surface area contributed by atoms with E-state index < -0.39 is 0 Å². The molecule has 0 radical (unpaired) electrons. The number of amides is 1. The highest BCUT2D eigenvalue weighted by molar-refractivity contribution is 5.91. The molecular weight excluding hydrogens is 412 g/mol. The normalized spacial score (nSPS) is 17.5. The second-order valence-corrected chi connectivity index (χ2v) is 9.89. The van der Waals surface area contributed by atoms with E-state index in [1.807, 2.05) is 29.8 Å². The Hall–Kier alpha value is -2.96. The van der Waals surface area contributed by atoms with E-state index in [4.69, 9.17) is 15.1 Å². The molecule has 0 atom stereocenters. The summed E-state index contributed by atoms with van der Waals surface area (Å²) in [7, 11) is 0. The molecule has 1 aliphatic heterocycles. The summed E-state index contributed by atoms with van der Waals surface area (Å²) in [6.45, 7) is 9.71. The van der Waals surface area contributed by atoms with Crippen LogP contribution in [0.1, 0.15) is 51.0 Å². The highest BCUT2D eigenvalue weighted by atomic mass is 16.2. The summed E-state index contributed by atoms with van der Waals surface area (Å²) in [5.41, 5.74) is 2.81. The number of carbonyl (C=O) groups excluding carboxylic acids is 1. The minimum absolute atomic E-state index is 0.256. The molecule has 0 N–H and O–H groups in total. The van der Waals surface area contributed by atoms with Crippen molar-refractivity contribution in [3.05, 3.63) is 41.9 Å². The van der Waals surface area contributed by atoms with Gasteiger partial charge in [0.2, 0.25) is 5.91 Å². The van der Waals surface area contributed by atoms with E-state index in [1.165, 1.54) is 6.42 Å². The van der Waals surface area contributed by atoms with E-state index in [1.54, 1.807) is 0 Å². The third-order valence-corrected chi connectivity index (χ3v) is 6.88. The molecule has 3 heterocycles. The Balaban J connectivity index is 1.52. The van der Waals surface area contributed by atoms with Crippen LogP contribution in [0, 0.1) is 18.8 Å². The largest absolute Gasteiger partial charge is 0.354 e. The van der Waals surface area contributed by atoms with Crippen LogP contribution in [-0.2, 0) is 11.2 Å². The monoisotopic (exact) mass is 446 g/mol. The Labute approximate surface area is 195 Å². The van der Waals surface area contributed by atoms with E-state index in [0.29, 0.717) is 11.8 Å². The molecule has 174 valence electrons. The first kappa shape index (κ1) is 21.9. The minimum Gasteiger partial charge on any atom is -0.354 e. The zero-order chi connectivity index (χ0) is 22.9. The van der Waals surface area contributed by atoms with E-state index in [-0.39, 0.29) is 5.92 Å². The molecule has 1 amide bonds. The number of aryl methyl sites for hydroxylation is 1. The van der Waals surface area contributed by atoms with Crippen LogP contribution in [0.4, 0.5) is 5.82 Å². The Morgan fingerprint density at radius 3 is 2.52 bits per heavy atom. The van der Waals surface area contributed by atoms with Gasteiger partial charge in [0.15, 0.2) is 5.65 Å². The van der Waals surface area contributed by atoms with Gasteiger partial charge in [-0.2, -0.15) is 5.10 Å². The van der Waals surface area contributed by atoms with Gasteiger partial charge in [-0.3, -0.25) is 4.79 Å².